The van der Waals surface area contributed by atoms with Gasteiger partial charge in [-0.3, -0.25) is 9.25 Å². The molecule has 0 aliphatic heterocycles. The summed E-state index contributed by atoms with van der Waals surface area (Å²) in [6.45, 7) is 4.05. The summed E-state index contributed by atoms with van der Waals surface area (Å²) >= 11 is 0. The molecular formula is C13H14N4. The van der Waals surface area contributed by atoms with E-state index in [1.54, 1.807) is 0 Å². The average molecular weight is 226 g/mol. The molecule has 0 unspecified atom stereocenters. The van der Waals surface area contributed by atoms with Crippen molar-refractivity contribution >= 4 is 11.0 Å². The van der Waals surface area contributed by atoms with Crippen molar-refractivity contribution in [1.82, 2.24) is 19.3 Å². The van der Waals surface area contributed by atoms with Crippen LogP contribution in [-0.2, 0) is 7.05 Å². The number of aryl methyl sites for hydroxylation is 3. The molecule has 0 bridgehead atoms. The summed E-state index contributed by atoms with van der Waals surface area (Å²) in [6, 6.07) is 6.28. The molecule has 4 nitrogen and oxygen atoms in total. The molecule has 0 N–H and O–H groups in total. The summed E-state index contributed by atoms with van der Waals surface area (Å²) in [5, 5.41) is 5.52. The molecule has 0 amide bonds. The van der Waals surface area contributed by atoms with Crippen molar-refractivity contribution in [3.8, 4) is 5.82 Å². The van der Waals surface area contributed by atoms with Crippen LogP contribution in [0.15, 0.2) is 30.6 Å². The average Bonchev–Trinajstić information content (AvgIpc) is 2.81. The third kappa shape index (κ3) is 1.53. The zero-order chi connectivity index (χ0) is 12.0. The molecule has 86 valence electrons. The number of rotatable bonds is 1. The maximum atomic E-state index is 4.49. The van der Waals surface area contributed by atoms with Crippen LogP contribution in [-0.4, -0.2) is 19.3 Å². The fourth-order valence-corrected chi connectivity index (χ4v) is 2.14. The molecule has 3 rings (SSSR count). The monoisotopic (exact) mass is 226 g/mol. The van der Waals surface area contributed by atoms with E-state index >= 15 is 0 Å². The first-order valence-electron chi connectivity index (χ1n) is 5.60. The summed E-state index contributed by atoms with van der Waals surface area (Å²) in [5.74, 6) is 1.04. The minimum atomic E-state index is 0.971. The second-order valence-electron chi connectivity index (χ2n) is 4.38. The third-order valence-corrected chi connectivity index (χ3v) is 2.89. The van der Waals surface area contributed by atoms with Crippen molar-refractivity contribution in [2.75, 3.05) is 0 Å². The Bertz CT molecular complexity index is 691. The van der Waals surface area contributed by atoms with Gasteiger partial charge < -0.3 is 0 Å². The maximum absolute atomic E-state index is 4.49. The van der Waals surface area contributed by atoms with Crippen LogP contribution in [0.25, 0.3) is 16.9 Å². The Morgan fingerprint density at radius 2 is 2.00 bits per heavy atom. The fourth-order valence-electron chi connectivity index (χ4n) is 2.14. The van der Waals surface area contributed by atoms with E-state index < -0.39 is 0 Å². The lowest BCUT2D eigenvalue weighted by molar-refractivity contribution is 0.727. The van der Waals surface area contributed by atoms with Gasteiger partial charge in [0.1, 0.15) is 11.5 Å². The molecule has 0 spiro atoms. The molecule has 4 heteroatoms. The Balaban J connectivity index is 2.28. The van der Waals surface area contributed by atoms with Gasteiger partial charge >= 0.3 is 0 Å². The van der Waals surface area contributed by atoms with Crippen molar-refractivity contribution < 1.29 is 0 Å². The first-order chi connectivity index (χ1) is 8.15. The summed E-state index contributed by atoms with van der Waals surface area (Å²) in [7, 11) is 1.95. The van der Waals surface area contributed by atoms with Crippen LogP contribution < -0.4 is 0 Å². The molecule has 0 aromatic carbocycles. The van der Waals surface area contributed by atoms with E-state index in [0.717, 1.165) is 22.5 Å². The number of hydrogen-bond donors (Lipinski definition) is 0. The number of pyridine rings is 1. The molecule has 3 heterocycles. The molecule has 17 heavy (non-hydrogen) atoms. The van der Waals surface area contributed by atoms with Crippen LogP contribution in [0.1, 0.15) is 11.3 Å². The molecule has 0 aliphatic rings. The Labute approximate surface area is 99.5 Å². The highest BCUT2D eigenvalue weighted by atomic mass is 15.3. The summed E-state index contributed by atoms with van der Waals surface area (Å²) < 4.78 is 3.94. The number of fused-ring (bicyclic) bond motifs is 1. The zero-order valence-corrected chi connectivity index (χ0v) is 10.2. The van der Waals surface area contributed by atoms with Crippen LogP contribution in [0.4, 0.5) is 0 Å². The molecule has 0 radical (unpaired) electrons. The third-order valence-electron chi connectivity index (χ3n) is 2.89. The molecule has 0 aliphatic carbocycles. The molecule has 3 aromatic rings. The number of nitrogens with zero attached hydrogens (tertiary/aromatic N) is 4. The van der Waals surface area contributed by atoms with Gasteiger partial charge in [-0.05, 0) is 31.5 Å². The van der Waals surface area contributed by atoms with Gasteiger partial charge in [0, 0.05) is 30.9 Å². The van der Waals surface area contributed by atoms with Crippen molar-refractivity contribution in [2.45, 2.75) is 13.8 Å². The Hall–Kier alpha value is -2.10. The molecular weight excluding hydrogens is 212 g/mol. The largest absolute Gasteiger partial charge is 0.286 e. The quantitative estimate of drug-likeness (QED) is 0.638. The second kappa shape index (κ2) is 3.45. The fraction of sp³-hybridized carbons (Fsp3) is 0.231. The van der Waals surface area contributed by atoms with Gasteiger partial charge in [0.05, 0.1) is 5.69 Å². The first-order valence-corrected chi connectivity index (χ1v) is 5.60. The van der Waals surface area contributed by atoms with Gasteiger partial charge in [-0.25, -0.2) is 4.98 Å². The lowest BCUT2D eigenvalue weighted by atomic mass is 10.2. The highest BCUT2D eigenvalue weighted by Crippen LogP contribution is 2.19. The van der Waals surface area contributed by atoms with Crippen LogP contribution in [0.3, 0.4) is 0 Å². The standard InChI is InChI=1S/C13H14N4/c1-9-6-11-4-5-17(13(11)14-8-9)12-7-10(2)15-16(12)3/h4-8H,1-3H3. The number of hydrogen-bond acceptors (Lipinski definition) is 2. The predicted octanol–water partition coefficient (Wildman–Crippen LogP) is 2.38. The van der Waals surface area contributed by atoms with Crippen LogP contribution >= 0.6 is 0 Å². The Morgan fingerprint density at radius 1 is 1.18 bits per heavy atom. The van der Waals surface area contributed by atoms with E-state index in [1.165, 1.54) is 5.56 Å². The SMILES string of the molecule is Cc1cnc2c(ccn2-c2cc(C)nn2C)c1. The van der Waals surface area contributed by atoms with Crippen molar-refractivity contribution in [2.24, 2.45) is 7.05 Å². The minimum absolute atomic E-state index is 0.971. The van der Waals surface area contributed by atoms with Gasteiger partial charge in [-0.15, -0.1) is 0 Å². The topological polar surface area (TPSA) is 35.6 Å². The van der Waals surface area contributed by atoms with E-state index in [0.29, 0.717) is 0 Å². The lowest BCUT2D eigenvalue weighted by Crippen LogP contribution is -2.02. The van der Waals surface area contributed by atoms with E-state index in [4.69, 9.17) is 0 Å². The van der Waals surface area contributed by atoms with Crippen LogP contribution in [0.2, 0.25) is 0 Å². The van der Waals surface area contributed by atoms with E-state index in [9.17, 15) is 0 Å². The summed E-state index contributed by atoms with van der Waals surface area (Å²) in [4.78, 5) is 4.49. The lowest BCUT2D eigenvalue weighted by Gasteiger charge is -2.04. The molecule has 0 saturated carbocycles. The van der Waals surface area contributed by atoms with Crippen LogP contribution in [0.5, 0.6) is 0 Å². The van der Waals surface area contributed by atoms with Gasteiger partial charge in [0.15, 0.2) is 0 Å². The summed E-state index contributed by atoms with van der Waals surface area (Å²) in [5.41, 5.74) is 3.16. The van der Waals surface area contributed by atoms with E-state index in [2.05, 4.69) is 39.8 Å². The highest BCUT2D eigenvalue weighted by Gasteiger charge is 2.08. The number of aromatic nitrogens is 4. The molecule has 3 aromatic heterocycles. The smallest absolute Gasteiger partial charge is 0.145 e. The van der Waals surface area contributed by atoms with E-state index in [-0.39, 0.29) is 0 Å². The minimum Gasteiger partial charge on any atom is -0.286 e. The Morgan fingerprint density at radius 3 is 2.71 bits per heavy atom. The van der Waals surface area contributed by atoms with Crippen molar-refractivity contribution in [3.05, 3.63) is 41.9 Å². The van der Waals surface area contributed by atoms with Crippen molar-refractivity contribution in [3.63, 3.8) is 0 Å². The summed E-state index contributed by atoms with van der Waals surface area (Å²) in [6.07, 6.45) is 3.93. The van der Waals surface area contributed by atoms with Crippen LogP contribution in [0, 0.1) is 13.8 Å². The van der Waals surface area contributed by atoms with Gasteiger partial charge in [0.2, 0.25) is 0 Å². The normalized spacial score (nSPS) is 11.2. The van der Waals surface area contributed by atoms with Gasteiger partial charge in [-0.2, -0.15) is 5.10 Å². The van der Waals surface area contributed by atoms with E-state index in [1.807, 2.05) is 31.0 Å². The maximum Gasteiger partial charge on any atom is 0.145 e. The molecule has 0 atom stereocenters. The van der Waals surface area contributed by atoms with Gasteiger partial charge in [-0.1, -0.05) is 0 Å². The second-order valence-corrected chi connectivity index (χ2v) is 4.38. The first kappa shape index (κ1) is 10.1. The van der Waals surface area contributed by atoms with Crippen molar-refractivity contribution in [1.29, 1.82) is 0 Å². The highest BCUT2D eigenvalue weighted by molar-refractivity contribution is 5.78. The predicted molar refractivity (Wildman–Crippen MR) is 67.3 cm³/mol. The zero-order valence-electron chi connectivity index (χ0n) is 10.2. The molecule has 0 saturated heterocycles. The van der Waals surface area contributed by atoms with Gasteiger partial charge in [0.25, 0.3) is 0 Å². The Kier molecular flexibility index (Phi) is 2.04. The molecule has 0 fully saturated rings.